The third-order valence-corrected chi connectivity index (χ3v) is 19.5. The number of hydrogen-bond acceptors (Lipinski definition) is 14. The van der Waals surface area contributed by atoms with Gasteiger partial charge in [0.25, 0.3) is 5.92 Å². The Hall–Kier alpha value is -8.17. The number of hydrogen-bond donors (Lipinski definition) is 1. The number of carbonyl (C=O) groups is 5. The van der Waals surface area contributed by atoms with E-state index in [0.717, 1.165) is 27.2 Å². The monoisotopic (exact) mass is 1420 g/mol. The summed E-state index contributed by atoms with van der Waals surface area (Å²) in [4.78, 5) is 63.6. The lowest BCUT2D eigenvalue weighted by Crippen LogP contribution is -2.46. The fraction of sp³-hybridized carbons (Fsp3) is 0.338. The highest BCUT2D eigenvalue weighted by atomic mass is 32.2. The third-order valence-electron chi connectivity index (χ3n) is 14.2. The Labute approximate surface area is 564 Å². The van der Waals surface area contributed by atoms with Crippen molar-refractivity contribution in [3.8, 4) is 0 Å². The molecule has 6 aromatic carbocycles. The van der Waals surface area contributed by atoms with E-state index in [4.69, 9.17) is 4.74 Å². The van der Waals surface area contributed by atoms with Gasteiger partial charge in [0.2, 0.25) is 0 Å². The zero-order chi connectivity index (χ0) is 72.5. The summed E-state index contributed by atoms with van der Waals surface area (Å²) in [5.41, 5.74) is -2.54. The van der Waals surface area contributed by atoms with Crippen LogP contribution in [0.1, 0.15) is 73.6 Å². The van der Waals surface area contributed by atoms with Crippen LogP contribution in [0, 0.1) is 17.8 Å². The first-order chi connectivity index (χ1) is 45.3. The Balaban J connectivity index is 0.000000259. The average molecular weight is 1420 g/mol. The molecule has 2 aliphatic carbocycles. The highest BCUT2D eigenvalue weighted by Gasteiger charge is 2.56. The molecule has 0 spiro atoms. The van der Waals surface area contributed by atoms with Crippen LogP contribution < -0.4 is 0 Å². The van der Waals surface area contributed by atoms with Crippen molar-refractivity contribution >= 4 is 61.8 Å². The molecule has 2 aliphatic rings. The standard InChI is InChI=1S/2C18H15S.C15H21F3O3.C11H14F4O7S.C9H12F2O4/c2*1-4-10-16(11-5-1)19(17-12-6-2-7-13-17)18-14-8-3-9-15-18;1-8(2)13(19)21-12-6-9-4-10(11(12)5-9)7-14(3,20)15(16,17)18;1-4-7(22-8(16)6(2)3)11(14,15)9(17)21-5-10(12,13)23(18,19)20;1-6(2)8(13)14-4-7(12)15-5-9(3,10)11/h2*1-15H;9-12,20H,1,4-7H2,2-3H3;7H,2,4-5H2,1,3H3,(H,18,19,20);1,4-5H2,2-3H3/q2*+1;;;/p-1. The zero-order valence-electron chi connectivity index (χ0n) is 53.9. The number of halogens is 9. The summed E-state index contributed by atoms with van der Waals surface area (Å²) in [6.07, 6.45) is -6.12. The van der Waals surface area contributed by atoms with E-state index in [9.17, 15) is 81.6 Å². The number of fused-ring (bicyclic) bond motifs is 2. The number of rotatable bonds is 23. The van der Waals surface area contributed by atoms with E-state index in [1.807, 2.05) is 0 Å². The van der Waals surface area contributed by atoms with Crippen LogP contribution in [0.4, 0.5) is 39.5 Å². The van der Waals surface area contributed by atoms with E-state index < -0.39 is 101 Å². The molecule has 2 fully saturated rings. The predicted octanol–water partition coefficient (Wildman–Crippen LogP) is 15.3. The van der Waals surface area contributed by atoms with Crippen molar-refractivity contribution in [3.63, 3.8) is 0 Å². The van der Waals surface area contributed by atoms with Crippen LogP contribution in [0.15, 0.2) is 248 Å². The van der Waals surface area contributed by atoms with Gasteiger partial charge in [0.15, 0.2) is 71.0 Å². The largest absolute Gasteiger partial charge is 0.743 e. The molecule has 6 unspecified atom stereocenters. The molecule has 0 saturated heterocycles. The summed E-state index contributed by atoms with van der Waals surface area (Å²) < 4.78 is 168. The quantitative estimate of drug-likeness (QED) is 0.0158. The average Bonchev–Trinajstić information content (AvgIpc) is 1.64. The van der Waals surface area contributed by atoms with Crippen molar-refractivity contribution in [2.75, 3.05) is 19.8 Å². The van der Waals surface area contributed by atoms with Crippen LogP contribution in [0.3, 0.4) is 0 Å². The van der Waals surface area contributed by atoms with Crippen molar-refractivity contribution in [2.45, 2.75) is 144 Å². The summed E-state index contributed by atoms with van der Waals surface area (Å²) in [6.45, 7) is 12.4. The van der Waals surface area contributed by atoms with Crippen molar-refractivity contribution in [2.24, 2.45) is 17.8 Å². The molecule has 6 aromatic rings. The van der Waals surface area contributed by atoms with Crippen LogP contribution >= 0.6 is 0 Å². The maximum atomic E-state index is 13.7. The molecule has 14 nitrogen and oxygen atoms in total. The maximum Gasteiger partial charge on any atom is 0.416 e. The first-order valence-corrected chi connectivity index (χ1v) is 33.7. The van der Waals surface area contributed by atoms with E-state index in [0.29, 0.717) is 19.8 Å². The van der Waals surface area contributed by atoms with E-state index in [1.165, 1.54) is 36.3 Å². The second kappa shape index (κ2) is 37.0. The Morgan fingerprint density at radius 3 is 1.21 bits per heavy atom. The van der Waals surface area contributed by atoms with E-state index >= 15 is 0 Å². The molecule has 0 heterocycles. The second-order valence-corrected chi connectivity index (χ2v) is 28.2. The highest BCUT2D eigenvalue weighted by Crippen LogP contribution is 2.53. The predicted molar refractivity (Wildman–Crippen MR) is 346 cm³/mol. The molecule has 2 saturated carbocycles. The van der Waals surface area contributed by atoms with Gasteiger partial charge in [-0.1, -0.05) is 136 Å². The third kappa shape index (κ3) is 26.0. The Bertz CT molecular complexity index is 3340. The van der Waals surface area contributed by atoms with E-state index in [1.54, 1.807) is 6.92 Å². The number of esters is 5. The minimum atomic E-state index is -6.20. The van der Waals surface area contributed by atoms with Crippen molar-refractivity contribution in [3.05, 3.63) is 218 Å². The molecule has 0 aliphatic heterocycles. The van der Waals surface area contributed by atoms with Gasteiger partial charge in [0.1, 0.15) is 6.10 Å². The van der Waals surface area contributed by atoms with Gasteiger partial charge in [-0.25, -0.2) is 41.2 Å². The van der Waals surface area contributed by atoms with Crippen LogP contribution in [0.5, 0.6) is 0 Å². The van der Waals surface area contributed by atoms with Gasteiger partial charge in [-0.05, 0) is 150 Å². The molecule has 0 aromatic heterocycles. The molecule has 0 amide bonds. The summed E-state index contributed by atoms with van der Waals surface area (Å²) in [7, 11) is -6.23. The summed E-state index contributed by atoms with van der Waals surface area (Å²) in [6, 6.07) is 64.3. The number of ether oxygens (including phenoxy) is 5. The number of aliphatic hydroxyl groups is 1. The van der Waals surface area contributed by atoms with Gasteiger partial charge < -0.3 is 33.3 Å². The molecule has 8 rings (SSSR count). The van der Waals surface area contributed by atoms with Crippen LogP contribution in [0.2, 0.25) is 0 Å². The number of benzene rings is 6. The lowest BCUT2D eigenvalue weighted by atomic mass is 9.79. The fourth-order valence-corrected chi connectivity index (χ4v) is 13.8. The SMILES string of the molecule is C=C(C)C(=O)OC(CC)C(F)(F)C(=O)OCC(F)(F)S(=O)(=O)[O-].C=C(C)C(=O)OC1CC2CC(CC(C)(O)C(F)(F)F)C1C2.C=C(C)C(=O)OCC(=O)OCC(C)(F)F.c1ccc([S+](c2ccccc2)c2ccccc2)cc1.c1ccc([S+](c2ccccc2)c2ccccc2)cc1. The van der Waals surface area contributed by atoms with Gasteiger partial charge >= 0.3 is 47.2 Å². The molecular formula is C71H76F9O14S3+. The Morgan fingerprint density at radius 1 is 0.546 bits per heavy atom. The maximum absolute atomic E-state index is 13.7. The van der Waals surface area contributed by atoms with Crippen LogP contribution in [0.25, 0.3) is 0 Å². The zero-order valence-corrected chi connectivity index (χ0v) is 56.3. The summed E-state index contributed by atoms with van der Waals surface area (Å²) in [5, 5.41) is 4.57. The first kappa shape index (κ1) is 81.3. The molecular weight excluding hydrogens is 1340 g/mol. The van der Waals surface area contributed by atoms with Crippen LogP contribution in [-0.2, 0) is 79.6 Å². The number of carbonyl (C=O) groups excluding carboxylic acids is 5. The van der Waals surface area contributed by atoms with Gasteiger partial charge in [0.05, 0.1) is 21.8 Å². The van der Waals surface area contributed by atoms with E-state index in [2.05, 4.69) is 221 Å². The van der Waals surface area contributed by atoms with E-state index in [-0.39, 0.29) is 68.8 Å². The van der Waals surface area contributed by atoms with Gasteiger partial charge in [-0.2, -0.15) is 30.7 Å². The topological polar surface area (TPSA) is 209 Å². The minimum absolute atomic E-state index is 0.0146. The van der Waals surface area contributed by atoms with Crippen LogP contribution in [-0.4, -0.2) is 109 Å². The smallest absolute Gasteiger partial charge is 0.416 e. The Morgan fingerprint density at radius 2 is 0.907 bits per heavy atom. The molecule has 6 atom stereocenters. The summed E-state index contributed by atoms with van der Waals surface area (Å²) in [5.74, 6) is -13.8. The van der Waals surface area contributed by atoms with Crippen molar-refractivity contribution < 1.29 is 105 Å². The number of alkyl halides is 9. The lowest BCUT2D eigenvalue weighted by Gasteiger charge is -2.35. The lowest BCUT2D eigenvalue weighted by molar-refractivity contribution is -0.260. The molecule has 97 heavy (non-hydrogen) atoms. The fourth-order valence-electron chi connectivity index (χ4n) is 9.41. The van der Waals surface area contributed by atoms with Crippen molar-refractivity contribution in [1.82, 2.24) is 0 Å². The molecule has 26 heteroatoms. The molecule has 524 valence electrons. The Kier molecular flexibility index (Phi) is 31.0. The first-order valence-electron chi connectivity index (χ1n) is 29.8. The minimum Gasteiger partial charge on any atom is -0.743 e. The highest BCUT2D eigenvalue weighted by molar-refractivity contribution is 7.97. The van der Waals surface area contributed by atoms with Gasteiger partial charge in [0, 0.05) is 23.6 Å². The second-order valence-electron chi connectivity index (χ2n) is 22.6. The van der Waals surface area contributed by atoms with Gasteiger partial charge in [-0.3, -0.25) is 0 Å². The van der Waals surface area contributed by atoms with Crippen molar-refractivity contribution in [1.29, 1.82) is 0 Å². The molecule has 0 radical (unpaired) electrons. The van der Waals surface area contributed by atoms with Gasteiger partial charge in [-0.15, -0.1) is 0 Å². The molecule has 1 N–H and O–H groups in total. The normalized spacial score (nSPS) is 16.6. The summed E-state index contributed by atoms with van der Waals surface area (Å²) >= 11 is 0. The molecule has 2 bridgehead atoms.